The highest BCUT2D eigenvalue weighted by atomic mass is 19.4. The molecule has 0 aliphatic carbocycles. The normalized spacial score (nSPS) is 12.8. The van der Waals surface area contributed by atoms with Crippen molar-refractivity contribution in [2.45, 2.75) is 19.1 Å². The number of benzene rings is 2. The molecule has 0 aliphatic heterocycles. The largest absolute Gasteiger partial charge is 0.417 e. The summed E-state index contributed by atoms with van der Waals surface area (Å²) in [5.41, 5.74) is -1.30. The molecule has 1 amide bonds. The zero-order valence-corrected chi connectivity index (χ0v) is 11.6. The predicted molar refractivity (Wildman–Crippen MR) is 73.7 cm³/mol. The smallest absolute Gasteiger partial charge is 0.345 e. The first-order valence-corrected chi connectivity index (χ1v) is 6.52. The average molecular weight is 311 g/mol. The van der Waals surface area contributed by atoms with Crippen LogP contribution in [0, 0.1) is 5.82 Å². The van der Waals surface area contributed by atoms with Gasteiger partial charge in [0.2, 0.25) is 0 Å². The second-order valence-electron chi connectivity index (χ2n) is 4.76. The van der Waals surface area contributed by atoms with Gasteiger partial charge in [-0.1, -0.05) is 30.3 Å². The quantitative estimate of drug-likeness (QED) is 0.840. The van der Waals surface area contributed by atoms with Crippen LogP contribution in [0.2, 0.25) is 0 Å². The lowest BCUT2D eigenvalue weighted by Gasteiger charge is -2.17. The molecule has 0 radical (unpaired) electrons. The van der Waals surface area contributed by atoms with Crippen molar-refractivity contribution in [1.82, 2.24) is 5.32 Å². The van der Waals surface area contributed by atoms with Crippen molar-refractivity contribution in [1.29, 1.82) is 0 Å². The third-order valence-electron chi connectivity index (χ3n) is 3.20. The standard InChI is InChI=1S/C16H13F4NO/c1-10(11-6-3-5-9-14(11)17)21-15(22)12-7-2-4-8-13(12)16(18,19)20/h2-10H,1H3,(H,21,22). The highest BCUT2D eigenvalue weighted by Crippen LogP contribution is 2.32. The zero-order chi connectivity index (χ0) is 16.3. The molecule has 0 spiro atoms. The molecule has 1 atom stereocenters. The maximum absolute atomic E-state index is 13.6. The molecule has 0 saturated carbocycles. The Morgan fingerprint density at radius 3 is 2.27 bits per heavy atom. The highest BCUT2D eigenvalue weighted by Gasteiger charge is 2.35. The van der Waals surface area contributed by atoms with Gasteiger partial charge in [0.25, 0.3) is 5.91 Å². The Kier molecular flexibility index (Phi) is 4.49. The third kappa shape index (κ3) is 3.44. The molecule has 2 aromatic rings. The highest BCUT2D eigenvalue weighted by molar-refractivity contribution is 5.96. The summed E-state index contributed by atoms with van der Waals surface area (Å²) in [5, 5.41) is 2.39. The summed E-state index contributed by atoms with van der Waals surface area (Å²) >= 11 is 0. The van der Waals surface area contributed by atoms with Crippen molar-refractivity contribution in [2.24, 2.45) is 0 Å². The Hall–Kier alpha value is -2.37. The van der Waals surface area contributed by atoms with Crippen molar-refractivity contribution in [2.75, 3.05) is 0 Å². The van der Waals surface area contributed by atoms with Crippen LogP contribution in [-0.2, 0) is 6.18 Å². The molecule has 0 aromatic heterocycles. The van der Waals surface area contributed by atoms with Gasteiger partial charge in [-0.05, 0) is 25.1 Å². The lowest BCUT2D eigenvalue weighted by molar-refractivity contribution is -0.137. The number of hydrogen-bond donors (Lipinski definition) is 1. The Balaban J connectivity index is 2.25. The van der Waals surface area contributed by atoms with E-state index in [4.69, 9.17) is 0 Å². The van der Waals surface area contributed by atoms with Crippen LogP contribution in [0.4, 0.5) is 17.6 Å². The number of rotatable bonds is 3. The topological polar surface area (TPSA) is 29.1 Å². The minimum Gasteiger partial charge on any atom is -0.345 e. The van der Waals surface area contributed by atoms with Gasteiger partial charge in [0.1, 0.15) is 5.82 Å². The lowest BCUT2D eigenvalue weighted by atomic mass is 10.0. The second-order valence-corrected chi connectivity index (χ2v) is 4.76. The summed E-state index contributed by atoms with van der Waals surface area (Å²) in [7, 11) is 0. The van der Waals surface area contributed by atoms with Gasteiger partial charge >= 0.3 is 6.18 Å². The van der Waals surface area contributed by atoms with Crippen molar-refractivity contribution in [3.8, 4) is 0 Å². The van der Waals surface area contributed by atoms with Gasteiger partial charge in [-0.3, -0.25) is 4.79 Å². The summed E-state index contributed by atoms with van der Waals surface area (Å²) in [6.07, 6.45) is -4.63. The van der Waals surface area contributed by atoms with Crippen LogP contribution in [0.25, 0.3) is 0 Å². The number of hydrogen-bond acceptors (Lipinski definition) is 1. The Bertz CT molecular complexity index is 682. The Morgan fingerprint density at radius 1 is 1.05 bits per heavy atom. The van der Waals surface area contributed by atoms with Gasteiger partial charge in [-0.2, -0.15) is 13.2 Å². The van der Waals surface area contributed by atoms with Crippen LogP contribution in [0.15, 0.2) is 48.5 Å². The van der Waals surface area contributed by atoms with Crippen LogP contribution in [-0.4, -0.2) is 5.91 Å². The summed E-state index contributed by atoms with van der Waals surface area (Å²) in [4.78, 5) is 12.1. The number of carbonyl (C=O) groups is 1. The number of amides is 1. The summed E-state index contributed by atoms with van der Waals surface area (Å²) in [5.74, 6) is -1.43. The van der Waals surface area contributed by atoms with E-state index in [2.05, 4.69) is 5.32 Å². The fourth-order valence-corrected chi connectivity index (χ4v) is 2.11. The van der Waals surface area contributed by atoms with E-state index in [0.29, 0.717) is 0 Å². The summed E-state index contributed by atoms with van der Waals surface area (Å²) in [6.45, 7) is 1.51. The lowest BCUT2D eigenvalue weighted by Crippen LogP contribution is -2.29. The van der Waals surface area contributed by atoms with E-state index in [1.165, 1.54) is 37.3 Å². The maximum atomic E-state index is 13.6. The second kappa shape index (κ2) is 6.17. The predicted octanol–water partition coefficient (Wildman–Crippen LogP) is 4.34. The number of halogens is 4. The molecule has 0 bridgehead atoms. The molecule has 116 valence electrons. The Labute approximate surface area is 124 Å². The van der Waals surface area contributed by atoms with Gasteiger partial charge in [-0.25, -0.2) is 4.39 Å². The summed E-state index contributed by atoms with van der Waals surface area (Å²) in [6, 6.07) is 9.50. The fraction of sp³-hybridized carbons (Fsp3) is 0.188. The van der Waals surface area contributed by atoms with Crippen LogP contribution in [0.5, 0.6) is 0 Å². The van der Waals surface area contributed by atoms with Crippen molar-refractivity contribution in [3.63, 3.8) is 0 Å². The Morgan fingerprint density at radius 2 is 1.64 bits per heavy atom. The molecule has 2 nitrogen and oxygen atoms in total. The first-order chi connectivity index (χ1) is 10.3. The van der Waals surface area contributed by atoms with Gasteiger partial charge in [0, 0.05) is 5.56 Å². The first-order valence-electron chi connectivity index (χ1n) is 6.52. The SMILES string of the molecule is CC(NC(=O)c1ccccc1C(F)(F)F)c1ccccc1F. The van der Waals surface area contributed by atoms with Gasteiger partial charge < -0.3 is 5.32 Å². The van der Waals surface area contributed by atoms with Crippen LogP contribution >= 0.6 is 0 Å². The third-order valence-corrected chi connectivity index (χ3v) is 3.20. The average Bonchev–Trinajstić information content (AvgIpc) is 2.46. The molecule has 0 heterocycles. The molecule has 2 rings (SSSR count). The van der Waals surface area contributed by atoms with E-state index in [-0.39, 0.29) is 5.56 Å². The molecule has 0 aliphatic rings. The molecule has 1 N–H and O–H groups in total. The maximum Gasteiger partial charge on any atom is 0.417 e. The first kappa shape index (κ1) is 16.0. The van der Waals surface area contributed by atoms with Crippen molar-refractivity contribution in [3.05, 3.63) is 71.0 Å². The minimum atomic E-state index is -4.63. The number of carbonyl (C=O) groups excluding carboxylic acids is 1. The van der Waals surface area contributed by atoms with E-state index in [0.717, 1.165) is 12.1 Å². The van der Waals surface area contributed by atoms with Gasteiger partial charge in [-0.15, -0.1) is 0 Å². The fourth-order valence-electron chi connectivity index (χ4n) is 2.11. The van der Waals surface area contributed by atoms with Crippen LogP contribution in [0.3, 0.4) is 0 Å². The monoisotopic (exact) mass is 311 g/mol. The van der Waals surface area contributed by atoms with E-state index >= 15 is 0 Å². The molecule has 1 unspecified atom stereocenters. The van der Waals surface area contributed by atoms with E-state index < -0.39 is 35.1 Å². The molecule has 6 heteroatoms. The number of alkyl halides is 3. The molecular formula is C16H13F4NO. The van der Waals surface area contributed by atoms with Gasteiger partial charge in [0.05, 0.1) is 17.2 Å². The van der Waals surface area contributed by atoms with Crippen molar-refractivity contribution < 1.29 is 22.4 Å². The van der Waals surface area contributed by atoms with Crippen LogP contribution < -0.4 is 5.32 Å². The van der Waals surface area contributed by atoms with E-state index in [1.807, 2.05) is 0 Å². The summed E-state index contributed by atoms with van der Waals surface area (Å²) < 4.78 is 52.3. The van der Waals surface area contributed by atoms with E-state index in [1.54, 1.807) is 6.07 Å². The molecule has 0 saturated heterocycles. The number of nitrogens with one attached hydrogen (secondary N) is 1. The molecule has 0 fully saturated rings. The molecule has 2 aromatic carbocycles. The minimum absolute atomic E-state index is 0.209. The van der Waals surface area contributed by atoms with Crippen molar-refractivity contribution >= 4 is 5.91 Å². The molecular weight excluding hydrogens is 298 g/mol. The van der Waals surface area contributed by atoms with Gasteiger partial charge in [0.15, 0.2) is 0 Å². The molecule has 22 heavy (non-hydrogen) atoms. The van der Waals surface area contributed by atoms with Crippen LogP contribution in [0.1, 0.15) is 34.5 Å². The van der Waals surface area contributed by atoms with E-state index in [9.17, 15) is 22.4 Å². The zero-order valence-electron chi connectivity index (χ0n) is 11.6.